The fraction of sp³-hybridized carbons (Fsp3) is 0.391. The Balaban J connectivity index is 1.51. The molecule has 0 saturated carbocycles. The number of aromatic nitrogens is 3. The number of piperidine rings is 1. The van der Waals surface area contributed by atoms with Gasteiger partial charge in [0.15, 0.2) is 5.65 Å². The Morgan fingerprint density at radius 2 is 1.94 bits per heavy atom. The maximum atomic E-state index is 13.3. The number of amides is 2. The standard InChI is InChI=1S/C23H24FN5O3/c1-14(30)27-11-9-18-17(13-27)23(32)29-21(25-18)12-19(26-29)20-4-2-3-10-28(20)22(31)15-5-7-16(24)8-6-15/h5-8,12,20,26H,2-4,9-11,13H2,1H3/t20-/m0/s1. The summed E-state index contributed by atoms with van der Waals surface area (Å²) in [7, 11) is 0. The number of likely N-dealkylation sites (tertiary alicyclic amines) is 1. The van der Waals surface area contributed by atoms with Gasteiger partial charge in [-0.05, 0) is 43.5 Å². The Labute approximate surface area is 183 Å². The van der Waals surface area contributed by atoms with E-state index >= 15 is 0 Å². The van der Waals surface area contributed by atoms with Crippen LogP contribution in [0, 0.1) is 5.82 Å². The van der Waals surface area contributed by atoms with Crippen LogP contribution in [0.4, 0.5) is 4.39 Å². The van der Waals surface area contributed by atoms with Crippen molar-refractivity contribution in [3.8, 4) is 0 Å². The fourth-order valence-corrected chi connectivity index (χ4v) is 4.70. The second kappa shape index (κ2) is 7.89. The van der Waals surface area contributed by atoms with E-state index in [0.717, 1.165) is 30.7 Å². The van der Waals surface area contributed by atoms with Gasteiger partial charge in [0.1, 0.15) is 5.82 Å². The molecule has 32 heavy (non-hydrogen) atoms. The highest BCUT2D eigenvalue weighted by Crippen LogP contribution is 2.32. The maximum Gasteiger partial charge on any atom is 0.277 e. The smallest absolute Gasteiger partial charge is 0.277 e. The van der Waals surface area contributed by atoms with Gasteiger partial charge in [-0.25, -0.2) is 13.9 Å². The SMILES string of the molecule is CC(=O)N1CCc2nc3cc([C@@H]4CCCCN4C(=O)c4ccc(F)cc4)[nH]n3c(=O)c2C1. The molecule has 3 aromatic rings. The van der Waals surface area contributed by atoms with Gasteiger partial charge in [0.25, 0.3) is 11.5 Å². The summed E-state index contributed by atoms with van der Waals surface area (Å²) in [6.45, 7) is 2.89. The van der Waals surface area contributed by atoms with Gasteiger partial charge in [0, 0.05) is 38.1 Å². The Morgan fingerprint density at radius 3 is 2.69 bits per heavy atom. The molecule has 1 fully saturated rings. The Kier molecular flexibility index (Phi) is 5.03. The third-order valence-corrected chi connectivity index (χ3v) is 6.44. The summed E-state index contributed by atoms with van der Waals surface area (Å²) in [6.07, 6.45) is 3.14. The van der Waals surface area contributed by atoms with E-state index in [-0.39, 0.29) is 35.8 Å². The van der Waals surface area contributed by atoms with E-state index in [4.69, 9.17) is 0 Å². The lowest BCUT2D eigenvalue weighted by Crippen LogP contribution is -2.39. The van der Waals surface area contributed by atoms with Gasteiger partial charge in [-0.1, -0.05) is 0 Å². The molecule has 8 nitrogen and oxygen atoms in total. The number of hydrogen-bond donors (Lipinski definition) is 1. The Hall–Kier alpha value is -3.49. The number of rotatable bonds is 2. The average Bonchev–Trinajstić information content (AvgIpc) is 3.23. The van der Waals surface area contributed by atoms with E-state index < -0.39 is 0 Å². The topological polar surface area (TPSA) is 90.8 Å². The molecule has 0 spiro atoms. The lowest BCUT2D eigenvalue weighted by atomic mass is 9.98. The van der Waals surface area contributed by atoms with Crippen LogP contribution in [0.15, 0.2) is 35.1 Å². The first-order valence-corrected chi connectivity index (χ1v) is 10.9. The van der Waals surface area contributed by atoms with Crippen molar-refractivity contribution in [3.63, 3.8) is 0 Å². The zero-order valence-electron chi connectivity index (χ0n) is 17.8. The fourth-order valence-electron chi connectivity index (χ4n) is 4.70. The molecular weight excluding hydrogens is 413 g/mol. The number of hydrogen-bond acceptors (Lipinski definition) is 4. The average molecular weight is 437 g/mol. The van der Waals surface area contributed by atoms with Gasteiger partial charge in [-0.2, -0.15) is 0 Å². The first-order chi connectivity index (χ1) is 15.4. The lowest BCUT2D eigenvalue weighted by Gasteiger charge is -2.35. The van der Waals surface area contributed by atoms with Crippen molar-refractivity contribution in [2.75, 3.05) is 13.1 Å². The highest BCUT2D eigenvalue weighted by molar-refractivity contribution is 5.94. The molecule has 1 atom stereocenters. The van der Waals surface area contributed by atoms with Crippen LogP contribution in [-0.4, -0.2) is 49.3 Å². The monoisotopic (exact) mass is 437 g/mol. The molecule has 1 N–H and O–H groups in total. The van der Waals surface area contributed by atoms with Crippen LogP contribution in [0.2, 0.25) is 0 Å². The van der Waals surface area contributed by atoms with Crippen LogP contribution in [0.25, 0.3) is 5.65 Å². The molecule has 2 aliphatic rings. The number of carbonyl (C=O) groups excluding carboxylic acids is 2. The van der Waals surface area contributed by atoms with E-state index in [1.54, 1.807) is 9.80 Å². The molecule has 0 radical (unpaired) electrons. The van der Waals surface area contributed by atoms with Crippen molar-refractivity contribution in [3.05, 3.63) is 69.0 Å². The van der Waals surface area contributed by atoms with Crippen molar-refractivity contribution in [2.45, 2.75) is 45.2 Å². The Morgan fingerprint density at radius 1 is 1.16 bits per heavy atom. The molecule has 0 bridgehead atoms. The minimum absolute atomic E-state index is 0.0653. The summed E-state index contributed by atoms with van der Waals surface area (Å²) < 4.78 is 14.7. The summed E-state index contributed by atoms with van der Waals surface area (Å²) in [5.74, 6) is -0.611. The van der Waals surface area contributed by atoms with E-state index in [1.165, 1.54) is 35.7 Å². The number of halogens is 1. The Bertz CT molecular complexity index is 1260. The van der Waals surface area contributed by atoms with Crippen molar-refractivity contribution in [1.82, 2.24) is 24.4 Å². The summed E-state index contributed by atoms with van der Waals surface area (Å²) in [5, 5.41) is 3.16. The van der Waals surface area contributed by atoms with E-state index in [2.05, 4.69) is 10.1 Å². The van der Waals surface area contributed by atoms with Crippen LogP contribution in [-0.2, 0) is 17.8 Å². The molecule has 9 heteroatoms. The second-order valence-corrected chi connectivity index (χ2v) is 8.45. The number of H-pyrrole nitrogens is 1. The number of aromatic amines is 1. The molecule has 2 aromatic heterocycles. The molecular formula is C23H24FN5O3. The zero-order valence-corrected chi connectivity index (χ0v) is 17.8. The van der Waals surface area contributed by atoms with E-state index in [0.29, 0.717) is 36.3 Å². The third kappa shape index (κ3) is 3.47. The quantitative estimate of drug-likeness (QED) is 0.667. The van der Waals surface area contributed by atoms with Crippen LogP contribution in [0.5, 0.6) is 0 Å². The van der Waals surface area contributed by atoms with Gasteiger partial charge < -0.3 is 9.80 Å². The minimum Gasteiger partial charge on any atom is -0.338 e. The van der Waals surface area contributed by atoms with Crippen molar-refractivity contribution in [1.29, 1.82) is 0 Å². The maximum absolute atomic E-state index is 13.3. The number of carbonyl (C=O) groups is 2. The van der Waals surface area contributed by atoms with Crippen LogP contribution < -0.4 is 5.56 Å². The second-order valence-electron chi connectivity index (χ2n) is 8.45. The highest BCUT2D eigenvalue weighted by Gasteiger charge is 2.31. The van der Waals surface area contributed by atoms with Crippen LogP contribution in [0.3, 0.4) is 0 Å². The molecule has 166 valence electrons. The normalized spacial score (nSPS) is 18.6. The largest absolute Gasteiger partial charge is 0.338 e. The van der Waals surface area contributed by atoms with Gasteiger partial charge >= 0.3 is 0 Å². The molecule has 1 aromatic carbocycles. The van der Waals surface area contributed by atoms with Gasteiger partial charge in [-0.3, -0.25) is 19.5 Å². The van der Waals surface area contributed by atoms with Gasteiger partial charge in [-0.15, -0.1) is 0 Å². The predicted molar refractivity (Wildman–Crippen MR) is 115 cm³/mol. The molecule has 4 heterocycles. The van der Waals surface area contributed by atoms with Crippen LogP contribution in [0.1, 0.15) is 59.5 Å². The molecule has 5 rings (SSSR count). The van der Waals surface area contributed by atoms with E-state index in [1.807, 2.05) is 6.07 Å². The number of benzene rings is 1. The van der Waals surface area contributed by atoms with E-state index in [9.17, 15) is 18.8 Å². The molecule has 2 aliphatic heterocycles. The highest BCUT2D eigenvalue weighted by atomic mass is 19.1. The molecule has 1 saturated heterocycles. The number of fused-ring (bicyclic) bond motifs is 2. The van der Waals surface area contributed by atoms with Crippen LogP contribution >= 0.6 is 0 Å². The van der Waals surface area contributed by atoms with Crippen molar-refractivity contribution >= 4 is 17.5 Å². The van der Waals surface area contributed by atoms with Gasteiger partial charge in [0.05, 0.1) is 29.5 Å². The first-order valence-electron chi connectivity index (χ1n) is 10.9. The molecule has 2 amide bonds. The van der Waals surface area contributed by atoms with Crippen molar-refractivity contribution in [2.24, 2.45) is 0 Å². The third-order valence-electron chi connectivity index (χ3n) is 6.44. The summed E-state index contributed by atoms with van der Waals surface area (Å²) in [6, 6.07) is 7.17. The molecule has 0 unspecified atom stereocenters. The summed E-state index contributed by atoms with van der Waals surface area (Å²) in [4.78, 5) is 46.2. The minimum atomic E-state index is -0.384. The van der Waals surface area contributed by atoms with Gasteiger partial charge in [0.2, 0.25) is 5.91 Å². The predicted octanol–water partition coefficient (Wildman–Crippen LogP) is 2.43. The van der Waals surface area contributed by atoms with Crippen molar-refractivity contribution < 1.29 is 14.0 Å². The zero-order chi connectivity index (χ0) is 22.4. The number of nitrogens with one attached hydrogen (secondary N) is 1. The number of nitrogens with zero attached hydrogens (tertiary/aromatic N) is 4. The molecule has 0 aliphatic carbocycles. The first kappa shape index (κ1) is 20.4. The summed E-state index contributed by atoms with van der Waals surface area (Å²) >= 11 is 0. The summed E-state index contributed by atoms with van der Waals surface area (Å²) in [5.41, 5.74) is 2.73. The lowest BCUT2D eigenvalue weighted by molar-refractivity contribution is -0.129.